The van der Waals surface area contributed by atoms with E-state index < -0.39 is 17.0 Å². The molecule has 0 bridgehead atoms. The second kappa shape index (κ2) is 8.44. The average Bonchev–Trinajstić information content (AvgIpc) is 3.19. The van der Waals surface area contributed by atoms with E-state index in [1.807, 2.05) is 54.6 Å². The molecular formula is C22H19N5O3. The zero-order valence-corrected chi connectivity index (χ0v) is 15.9. The summed E-state index contributed by atoms with van der Waals surface area (Å²) in [7, 11) is 0. The monoisotopic (exact) mass is 401 g/mol. The van der Waals surface area contributed by atoms with Gasteiger partial charge in [-0.15, -0.1) is 0 Å². The fourth-order valence-electron chi connectivity index (χ4n) is 3.20. The van der Waals surface area contributed by atoms with Crippen LogP contribution in [0, 0.1) is 10.1 Å². The Labute approximate surface area is 172 Å². The van der Waals surface area contributed by atoms with Crippen LogP contribution >= 0.6 is 0 Å². The fourth-order valence-corrected chi connectivity index (χ4v) is 3.20. The SMILES string of the molecule is O=C(Nc1ccc([N+](=O)[O-])cc1)N[C@@H](Cc1ccccc1)c1nc2ccccc2[nH]1. The number of carbonyl (C=O) groups excluding carboxylic acids is 1. The van der Waals surface area contributed by atoms with Crippen LogP contribution in [-0.2, 0) is 6.42 Å². The summed E-state index contributed by atoms with van der Waals surface area (Å²) in [6.45, 7) is 0. The molecule has 0 saturated carbocycles. The van der Waals surface area contributed by atoms with Crippen molar-refractivity contribution in [3.63, 3.8) is 0 Å². The highest BCUT2D eigenvalue weighted by Gasteiger charge is 2.19. The Balaban J connectivity index is 1.54. The number of H-pyrrole nitrogens is 1. The third-order valence-electron chi connectivity index (χ3n) is 4.66. The molecule has 2 amide bonds. The van der Waals surface area contributed by atoms with Crippen molar-refractivity contribution < 1.29 is 9.72 Å². The Morgan fingerprint density at radius 2 is 1.70 bits per heavy atom. The summed E-state index contributed by atoms with van der Waals surface area (Å²) < 4.78 is 0. The lowest BCUT2D eigenvalue weighted by molar-refractivity contribution is -0.384. The first-order valence-electron chi connectivity index (χ1n) is 9.39. The van der Waals surface area contributed by atoms with Crippen molar-refractivity contribution in [2.24, 2.45) is 0 Å². The van der Waals surface area contributed by atoms with Gasteiger partial charge in [0.1, 0.15) is 5.82 Å². The Kier molecular flexibility index (Phi) is 5.38. The van der Waals surface area contributed by atoms with Crippen LogP contribution in [-0.4, -0.2) is 20.9 Å². The van der Waals surface area contributed by atoms with E-state index in [1.54, 1.807) is 0 Å². The van der Waals surface area contributed by atoms with Gasteiger partial charge in [0.15, 0.2) is 0 Å². The molecule has 0 unspecified atom stereocenters. The molecule has 0 aliphatic heterocycles. The van der Waals surface area contributed by atoms with Crippen LogP contribution in [0.4, 0.5) is 16.2 Å². The van der Waals surface area contributed by atoms with E-state index in [4.69, 9.17) is 0 Å². The number of urea groups is 1. The summed E-state index contributed by atoms with van der Waals surface area (Å²) in [6, 6.07) is 22.3. The van der Waals surface area contributed by atoms with Gasteiger partial charge >= 0.3 is 6.03 Å². The molecule has 0 saturated heterocycles. The summed E-state index contributed by atoms with van der Waals surface area (Å²) in [6.07, 6.45) is 0.550. The number of amides is 2. The molecule has 3 aromatic carbocycles. The number of aromatic nitrogens is 2. The van der Waals surface area contributed by atoms with E-state index in [2.05, 4.69) is 20.6 Å². The van der Waals surface area contributed by atoms with Crippen molar-refractivity contribution in [1.82, 2.24) is 15.3 Å². The average molecular weight is 401 g/mol. The van der Waals surface area contributed by atoms with Crippen LogP contribution in [0.3, 0.4) is 0 Å². The molecule has 30 heavy (non-hydrogen) atoms. The second-order valence-corrected chi connectivity index (χ2v) is 6.78. The van der Waals surface area contributed by atoms with E-state index >= 15 is 0 Å². The van der Waals surface area contributed by atoms with Crippen LogP contribution in [0.15, 0.2) is 78.9 Å². The predicted octanol–water partition coefficient (Wildman–Crippen LogP) is 4.58. The zero-order valence-electron chi connectivity index (χ0n) is 15.9. The number of nitrogens with zero attached hydrogens (tertiary/aromatic N) is 2. The highest BCUT2D eigenvalue weighted by Crippen LogP contribution is 2.21. The number of nitrogens with one attached hydrogen (secondary N) is 3. The molecule has 3 N–H and O–H groups in total. The highest BCUT2D eigenvalue weighted by molar-refractivity contribution is 5.89. The molecule has 0 aliphatic carbocycles. The molecule has 0 spiro atoms. The Morgan fingerprint density at radius 3 is 2.40 bits per heavy atom. The molecule has 0 aliphatic rings. The van der Waals surface area contributed by atoms with Gasteiger partial charge in [-0.25, -0.2) is 9.78 Å². The van der Waals surface area contributed by atoms with Crippen molar-refractivity contribution in [2.45, 2.75) is 12.5 Å². The molecule has 4 aromatic rings. The number of para-hydroxylation sites is 2. The highest BCUT2D eigenvalue weighted by atomic mass is 16.6. The summed E-state index contributed by atoms with van der Waals surface area (Å²) >= 11 is 0. The number of aromatic amines is 1. The Morgan fingerprint density at radius 1 is 1.00 bits per heavy atom. The first-order chi connectivity index (χ1) is 14.6. The first-order valence-corrected chi connectivity index (χ1v) is 9.39. The molecule has 4 rings (SSSR count). The van der Waals surface area contributed by atoms with Crippen molar-refractivity contribution in [1.29, 1.82) is 0 Å². The van der Waals surface area contributed by atoms with Gasteiger partial charge in [-0.05, 0) is 36.2 Å². The second-order valence-electron chi connectivity index (χ2n) is 6.78. The summed E-state index contributed by atoms with van der Waals surface area (Å²) in [5.41, 5.74) is 3.19. The lowest BCUT2D eigenvalue weighted by Crippen LogP contribution is -2.34. The maximum Gasteiger partial charge on any atom is 0.319 e. The van der Waals surface area contributed by atoms with E-state index in [1.165, 1.54) is 24.3 Å². The number of fused-ring (bicyclic) bond motifs is 1. The number of hydrogen-bond acceptors (Lipinski definition) is 4. The third-order valence-corrected chi connectivity index (χ3v) is 4.66. The predicted molar refractivity (Wildman–Crippen MR) is 114 cm³/mol. The van der Waals surface area contributed by atoms with Gasteiger partial charge in [-0.2, -0.15) is 0 Å². The van der Waals surface area contributed by atoms with Crippen molar-refractivity contribution in [3.8, 4) is 0 Å². The number of nitro groups is 1. The van der Waals surface area contributed by atoms with Gasteiger partial charge in [-0.3, -0.25) is 10.1 Å². The number of hydrogen-bond donors (Lipinski definition) is 3. The van der Waals surface area contributed by atoms with E-state index in [0.717, 1.165) is 16.6 Å². The van der Waals surface area contributed by atoms with Crippen molar-refractivity contribution >= 4 is 28.4 Å². The normalized spacial score (nSPS) is 11.7. The van der Waals surface area contributed by atoms with Gasteiger partial charge in [0.05, 0.1) is 22.0 Å². The number of benzene rings is 3. The summed E-state index contributed by atoms with van der Waals surface area (Å²) in [5.74, 6) is 0.652. The molecule has 8 heteroatoms. The number of nitro benzene ring substituents is 1. The number of carbonyl (C=O) groups is 1. The molecule has 0 radical (unpaired) electrons. The van der Waals surface area contributed by atoms with Crippen molar-refractivity contribution in [3.05, 3.63) is 100 Å². The maximum absolute atomic E-state index is 12.6. The standard InChI is InChI=1S/C22H19N5O3/c28-22(23-16-10-12-17(13-11-16)27(29)30)26-20(14-15-6-2-1-3-7-15)21-24-18-8-4-5-9-19(18)25-21/h1-13,20H,14H2,(H,24,25)(H2,23,26,28)/t20-/m0/s1. The van der Waals surface area contributed by atoms with Gasteiger partial charge in [0.2, 0.25) is 0 Å². The molecule has 8 nitrogen and oxygen atoms in total. The van der Waals surface area contributed by atoms with Crippen LogP contribution in [0.5, 0.6) is 0 Å². The summed E-state index contributed by atoms with van der Waals surface area (Å²) in [5, 5.41) is 16.4. The number of anilines is 1. The number of rotatable bonds is 6. The smallest absolute Gasteiger partial charge is 0.319 e. The fraction of sp³-hybridized carbons (Fsp3) is 0.0909. The quantitative estimate of drug-likeness (QED) is 0.324. The molecule has 1 atom stereocenters. The molecule has 0 fully saturated rings. The Bertz CT molecular complexity index is 1140. The molecule has 150 valence electrons. The molecule has 1 aromatic heterocycles. The van der Waals surface area contributed by atoms with Gasteiger partial charge in [0, 0.05) is 17.8 Å². The van der Waals surface area contributed by atoms with E-state index in [9.17, 15) is 14.9 Å². The van der Waals surface area contributed by atoms with Crippen LogP contribution in [0.1, 0.15) is 17.4 Å². The van der Waals surface area contributed by atoms with Gasteiger partial charge < -0.3 is 15.6 Å². The maximum atomic E-state index is 12.6. The van der Waals surface area contributed by atoms with Crippen LogP contribution in [0.25, 0.3) is 11.0 Å². The van der Waals surface area contributed by atoms with Crippen molar-refractivity contribution in [2.75, 3.05) is 5.32 Å². The third kappa shape index (κ3) is 4.44. The molecule has 1 heterocycles. The van der Waals surface area contributed by atoms with Gasteiger partial charge in [0.25, 0.3) is 5.69 Å². The van der Waals surface area contributed by atoms with Gasteiger partial charge in [-0.1, -0.05) is 42.5 Å². The lowest BCUT2D eigenvalue weighted by atomic mass is 10.1. The van der Waals surface area contributed by atoms with Crippen LogP contribution in [0.2, 0.25) is 0 Å². The molecular weight excluding hydrogens is 382 g/mol. The minimum atomic E-state index is -0.485. The zero-order chi connectivity index (χ0) is 20.9. The topological polar surface area (TPSA) is 113 Å². The first kappa shape index (κ1) is 19.1. The Hall–Kier alpha value is -4.20. The van der Waals surface area contributed by atoms with E-state index in [0.29, 0.717) is 17.9 Å². The largest absolute Gasteiger partial charge is 0.340 e. The number of imidazole rings is 1. The minimum absolute atomic E-state index is 0.0369. The lowest BCUT2D eigenvalue weighted by Gasteiger charge is -2.17. The van der Waals surface area contributed by atoms with Crippen LogP contribution < -0.4 is 10.6 Å². The van der Waals surface area contributed by atoms with E-state index in [-0.39, 0.29) is 5.69 Å². The number of non-ortho nitro benzene ring substituents is 1. The summed E-state index contributed by atoms with van der Waals surface area (Å²) in [4.78, 5) is 30.8. The minimum Gasteiger partial charge on any atom is -0.340 e.